The van der Waals surface area contributed by atoms with Gasteiger partial charge in [-0.3, -0.25) is 4.79 Å². The Morgan fingerprint density at radius 1 is 1.00 bits per heavy atom. The molecule has 2 N–H and O–H groups in total. The van der Waals surface area contributed by atoms with Gasteiger partial charge in [0.1, 0.15) is 0 Å². The molecular weight excluding hydrogens is 436 g/mol. The molecule has 2 aromatic rings. The minimum Gasteiger partial charge on any atom is -0.478 e. The van der Waals surface area contributed by atoms with Crippen molar-refractivity contribution in [2.24, 2.45) is 11.8 Å². The molecule has 1 saturated heterocycles. The quantitative estimate of drug-likeness (QED) is 0.578. The average molecular weight is 473 g/mol. The van der Waals surface area contributed by atoms with Crippen LogP contribution in [0.15, 0.2) is 39.7 Å². The maximum Gasteiger partial charge on any atom is 0.328 e. The van der Waals surface area contributed by atoms with Gasteiger partial charge in [-0.05, 0) is 76.1 Å². The van der Waals surface area contributed by atoms with Gasteiger partial charge in [0.15, 0.2) is 5.58 Å². The molecule has 1 aromatic heterocycles. The smallest absolute Gasteiger partial charge is 0.328 e. The SMILES string of the molecule is Cc1ccc2on(CCC3CCN(CC4CCCCC4)CC3)c(=O)c2c1.O=C(O)/C=C/C(=O)O. The number of carboxylic acids is 2. The predicted octanol–water partition coefficient (Wildman–Crippen LogP) is 4.30. The third kappa shape index (κ3) is 7.87. The standard InChI is InChI=1S/C22H32N2O2.C4H4O4/c1-17-7-8-21-20(15-17)22(25)24(26-21)14-11-18-9-12-23(13-10-18)16-19-5-3-2-4-6-19;5-3(6)1-2-4(7)8/h7-8,15,18-19H,2-6,9-14,16H2,1H3;1-2H,(H,5,6)(H,7,8)/b;2-1+. The van der Waals surface area contributed by atoms with Crippen molar-refractivity contribution in [1.29, 1.82) is 0 Å². The van der Waals surface area contributed by atoms with E-state index < -0.39 is 11.9 Å². The summed E-state index contributed by atoms with van der Waals surface area (Å²) in [5.74, 6) is -0.850. The van der Waals surface area contributed by atoms with Gasteiger partial charge >= 0.3 is 11.9 Å². The van der Waals surface area contributed by atoms with Gasteiger partial charge < -0.3 is 19.6 Å². The number of rotatable bonds is 7. The average Bonchev–Trinajstić information content (AvgIpc) is 3.13. The number of aliphatic carboxylic acids is 2. The van der Waals surface area contributed by atoms with Crippen LogP contribution in [0.2, 0.25) is 0 Å². The van der Waals surface area contributed by atoms with E-state index in [0.717, 1.165) is 23.8 Å². The second kappa shape index (κ2) is 12.6. The molecule has 1 aromatic carbocycles. The van der Waals surface area contributed by atoms with Gasteiger partial charge in [-0.2, -0.15) is 4.74 Å². The number of fused-ring (bicyclic) bond motifs is 1. The fourth-order valence-corrected chi connectivity index (χ4v) is 4.97. The highest BCUT2D eigenvalue weighted by Crippen LogP contribution is 2.27. The molecule has 0 unspecified atom stereocenters. The molecule has 2 aliphatic rings. The summed E-state index contributed by atoms with van der Waals surface area (Å²) >= 11 is 0. The Morgan fingerprint density at radius 3 is 2.26 bits per heavy atom. The van der Waals surface area contributed by atoms with E-state index in [1.165, 1.54) is 64.6 Å². The summed E-state index contributed by atoms with van der Waals surface area (Å²) in [6.45, 7) is 6.50. The van der Waals surface area contributed by atoms with Crippen molar-refractivity contribution in [3.05, 3.63) is 46.3 Å². The van der Waals surface area contributed by atoms with Gasteiger partial charge in [0, 0.05) is 18.7 Å². The van der Waals surface area contributed by atoms with Crippen LogP contribution < -0.4 is 5.56 Å². The third-order valence-electron chi connectivity index (χ3n) is 6.86. The molecular formula is C26H36N2O6. The fraction of sp³-hybridized carbons (Fsp3) is 0.577. The number of carboxylic acid groups (broad SMARTS) is 2. The summed E-state index contributed by atoms with van der Waals surface area (Å²) in [5.41, 5.74) is 1.84. The van der Waals surface area contributed by atoms with Crippen molar-refractivity contribution in [1.82, 2.24) is 9.64 Å². The number of hydrogen-bond acceptors (Lipinski definition) is 5. The van der Waals surface area contributed by atoms with Crippen molar-refractivity contribution in [2.75, 3.05) is 19.6 Å². The van der Waals surface area contributed by atoms with Gasteiger partial charge in [-0.25, -0.2) is 9.59 Å². The monoisotopic (exact) mass is 472 g/mol. The highest BCUT2D eigenvalue weighted by atomic mass is 16.5. The van der Waals surface area contributed by atoms with Gasteiger partial charge in [-0.1, -0.05) is 30.9 Å². The normalized spacial score (nSPS) is 18.1. The zero-order chi connectivity index (χ0) is 24.5. The number of aromatic nitrogens is 1. The first-order valence-corrected chi connectivity index (χ1v) is 12.3. The number of likely N-dealkylation sites (tertiary alicyclic amines) is 1. The Bertz CT molecular complexity index is 1020. The Labute approximate surface area is 199 Å². The number of nitrogens with zero attached hydrogens (tertiary/aromatic N) is 2. The molecule has 0 bridgehead atoms. The highest BCUT2D eigenvalue weighted by molar-refractivity contribution is 5.89. The zero-order valence-corrected chi connectivity index (χ0v) is 19.9. The Morgan fingerprint density at radius 2 is 1.65 bits per heavy atom. The van der Waals surface area contributed by atoms with E-state index in [0.29, 0.717) is 29.7 Å². The lowest BCUT2D eigenvalue weighted by atomic mass is 9.87. The summed E-state index contributed by atoms with van der Waals surface area (Å²) in [5, 5.41) is 16.3. The van der Waals surface area contributed by atoms with Crippen LogP contribution in [0.4, 0.5) is 0 Å². The maximum atomic E-state index is 12.5. The van der Waals surface area contributed by atoms with Crippen LogP contribution in [-0.2, 0) is 16.1 Å². The van der Waals surface area contributed by atoms with Gasteiger partial charge in [0.25, 0.3) is 5.56 Å². The molecule has 0 amide bonds. The number of benzene rings is 1. The molecule has 1 aliphatic heterocycles. The molecule has 2 fully saturated rings. The molecule has 0 spiro atoms. The van der Waals surface area contributed by atoms with Crippen molar-refractivity contribution < 1.29 is 24.3 Å². The van der Waals surface area contributed by atoms with E-state index in [2.05, 4.69) is 4.90 Å². The Balaban J connectivity index is 0.000000350. The van der Waals surface area contributed by atoms with Gasteiger partial charge in [0.2, 0.25) is 0 Å². The van der Waals surface area contributed by atoms with Crippen molar-refractivity contribution >= 4 is 22.9 Å². The minimum atomic E-state index is -1.26. The lowest BCUT2D eigenvalue weighted by Crippen LogP contribution is -2.37. The van der Waals surface area contributed by atoms with Crippen LogP contribution in [0.1, 0.15) is 56.9 Å². The molecule has 186 valence electrons. The number of aryl methyl sites for hydroxylation is 2. The van der Waals surface area contributed by atoms with Crippen LogP contribution in [0, 0.1) is 18.8 Å². The van der Waals surface area contributed by atoms with E-state index in [4.69, 9.17) is 14.7 Å². The zero-order valence-electron chi connectivity index (χ0n) is 19.9. The van der Waals surface area contributed by atoms with Crippen LogP contribution in [0.5, 0.6) is 0 Å². The number of hydrogen-bond donors (Lipinski definition) is 2. The summed E-state index contributed by atoms with van der Waals surface area (Å²) in [6.07, 6.45) is 11.9. The summed E-state index contributed by atoms with van der Waals surface area (Å²) in [7, 11) is 0. The largest absolute Gasteiger partial charge is 0.478 e. The summed E-state index contributed by atoms with van der Waals surface area (Å²) in [4.78, 5) is 34.3. The third-order valence-corrected chi connectivity index (χ3v) is 6.86. The van der Waals surface area contributed by atoms with Crippen molar-refractivity contribution in [3.8, 4) is 0 Å². The highest BCUT2D eigenvalue weighted by Gasteiger charge is 2.23. The van der Waals surface area contributed by atoms with E-state index in [1.54, 1.807) is 4.74 Å². The van der Waals surface area contributed by atoms with Crippen molar-refractivity contribution in [2.45, 2.75) is 64.8 Å². The topological polar surface area (TPSA) is 113 Å². The Hall–Kier alpha value is -2.87. The van der Waals surface area contributed by atoms with Crippen LogP contribution in [-0.4, -0.2) is 51.4 Å². The first-order valence-electron chi connectivity index (χ1n) is 12.3. The molecule has 34 heavy (non-hydrogen) atoms. The predicted molar refractivity (Wildman–Crippen MR) is 130 cm³/mol. The molecule has 0 atom stereocenters. The molecule has 1 aliphatic carbocycles. The lowest BCUT2D eigenvalue weighted by Gasteiger charge is -2.35. The van der Waals surface area contributed by atoms with Crippen LogP contribution >= 0.6 is 0 Å². The van der Waals surface area contributed by atoms with Gasteiger partial charge in [0.05, 0.1) is 11.9 Å². The molecule has 8 heteroatoms. The van der Waals surface area contributed by atoms with Crippen LogP contribution in [0.3, 0.4) is 0 Å². The van der Waals surface area contributed by atoms with Crippen LogP contribution in [0.25, 0.3) is 11.0 Å². The number of carbonyl (C=O) groups is 2. The maximum absolute atomic E-state index is 12.5. The van der Waals surface area contributed by atoms with E-state index in [1.807, 2.05) is 25.1 Å². The minimum absolute atomic E-state index is 0.0263. The second-order valence-corrected chi connectivity index (χ2v) is 9.54. The molecule has 4 rings (SSSR count). The van der Waals surface area contributed by atoms with E-state index in [9.17, 15) is 14.4 Å². The van der Waals surface area contributed by atoms with E-state index >= 15 is 0 Å². The Kier molecular flexibility index (Phi) is 9.51. The van der Waals surface area contributed by atoms with Gasteiger partial charge in [-0.15, -0.1) is 0 Å². The number of piperidine rings is 1. The molecule has 0 radical (unpaired) electrons. The molecule has 2 heterocycles. The molecule has 1 saturated carbocycles. The lowest BCUT2D eigenvalue weighted by molar-refractivity contribution is -0.134. The first-order chi connectivity index (χ1) is 16.3. The second-order valence-electron chi connectivity index (χ2n) is 9.54. The van der Waals surface area contributed by atoms with Crippen molar-refractivity contribution in [3.63, 3.8) is 0 Å². The first kappa shape index (κ1) is 25.7. The van der Waals surface area contributed by atoms with E-state index in [-0.39, 0.29) is 5.56 Å². The summed E-state index contributed by atoms with van der Waals surface area (Å²) in [6, 6.07) is 5.84. The summed E-state index contributed by atoms with van der Waals surface area (Å²) < 4.78 is 7.33. The molecule has 8 nitrogen and oxygen atoms in total. The fourth-order valence-electron chi connectivity index (χ4n) is 4.97.